The van der Waals surface area contributed by atoms with Gasteiger partial charge in [-0.15, -0.1) is 0 Å². The molecule has 2 N–H and O–H groups in total. The molecule has 0 radical (unpaired) electrons. The molecule has 0 bridgehead atoms. The van der Waals surface area contributed by atoms with Crippen LogP contribution >= 0.6 is 11.3 Å². The highest BCUT2D eigenvalue weighted by Gasteiger charge is 2.13. The molecule has 0 saturated carbocycles. The average molecular weight is 326 g/mol. The predicted octanol–water partition coefficient (Wildman–Crippen LogP) is 5.44. The molecule has 0 fully saturated rings. The molecule has 0 aliphatic carbocycles. The number of rotatable bonds is 6. The van der Waals surface area contributed by atoms with E-state index in [0.29, 0.717) is 5.92 Å². The number of nitrogens with one attached hydrogen (secondary N) is 1. The number of nitrogens with zero attached hydrogens (tertiary/aromatic N) is 1. The lowest BCUT2D eigenvalue weighted by atomic mass is 9.90. The van der Waals surface area contributed by atoms with E-state index in [1.165, 1.54) is 10.3 Å². The first-order valence-electron chi connectivity index (χ1n) is 8.11. The van der Waals surface area contributed by atoms with Crippen molar-refractivity contribution >= 4 is 32.4 Å². The van der Waals surface area contributed by atoms with Crippen LogP contribution in [-0.4, -0.2) is 10.1 Å². The molecule has 3 aromatic rings. The Morgan fingerprint density at radius 3 is 2.61 bits per heavy atom. The van der Waals surface area contributed by atoms with Crippen molar-refractivity contribution in [3.05, 3.63) is 53.6 Å². The number of hydrogen-bond donors (Lipinski definition) is 2. The van der Waals surface area contributed by atoms with Gasteiger partial charge in [-0.25, -0.2) is 4.98 Å². The van der Waals surface area contributed by atoms with Crippen LogP contribution in [0.5, 0.6) is 0 Å². The lowest BCUT2D eigenvalue weighted by molar-refractivity contribution is 0.279. The Balaban J connectivity index is 1.91. The number of aliphatic hydroxyl groups excluding tert-OH is 1. The number of aromatic nitrogens is 1. The van der Waals surface area contributed by atoms with Gasteiger partial charge in [0.25, 0.3) is 0 Å². The topological polar surface area (TPSA) is 45.2 Å². The Bertz CT molecular complexity index is 760. The van der Waals surface area contributed by atoms with E-state index in [2.05, 4.69) is 36.3 Å². The van der Waals surface area contributed by atoms with Crippen molar-refractivity contribution < 1.29 is 5.11 Å². The summed E-state index contributed by atoms with van der Waals surface area (Å²) >= 11 is 1.66. The summed E-state index contributed by atoms with van der Waals surface area (Å²) in [5, 5.41) is 13.9. The number of benzene rings is 2. The molecule has 0 saturated heterocycles. The third-order valence-electron chi connectivity index (χ3n) is 4.29. The van der Waals surface area contributed by atoms with Gasteiger partial charge in [-0.05, 0) is 54.2 Å². The lowest BCUT2D eigenvalue weighted by Crippen LogP contribution is -2.02. The summed E-state index contributed by atoms with van der Waals surface area (Å²) in [5.41, 5.74) is 4.31. The summed E-state index contributed by atoms with van der Waals surface area (Å²) in [5.74, 6) is 0.481. The van der Waals surface area contributed by atoms with E-state index in [-0.39, 0.29) is 6.61 Å². The van der Waals surface area contributed by atoms with Crippen molar-refractivity contribution in [2.45, 2.75) is 39.2 Å². The van der Waals surface area contributed by atoms with Gasteiger partial charge in [-0.2, -0.15) is 0 Å². The van der Waals surface area contributed by atoms with E-state index in [1.54, 1.807) is 11.3 Å². The van der Waals surface area contributed by atoms with Crippen LogP contribution in [0.25, 0.3) is 10.2 Å². The molecule has 0 spiro atoms. The molecule has 1 heterocycles. The van der Waals surface area contributed by atoms with Crippen molar-refractivity contribution in [2.24, 2.45) is 0 Å². The van der Waals surface area contributed by atoms with Gasteiger partial charge in [0.05, 0.1) is 16.8 Å². The smallest absolute Gasteiger partial charge is 0.188 e. The number of anilines is 2. The standard InChI is InChI=1S/C19H22N2OS/c1-3-13(4-2)16-11-15(10-9-14(16)12-22)20-19-21-17-7-5-6-8-18(17)23-19/h5-11,13,22H,3-4,12H2,1-2H3,(H,20,21). The van der Waals surface area contributed by atoms with Gasteiger partial charge < -0.3 is 10.4 Å². The van der Waals surface area contributed by atoms with Crippen molar-refractivity contribution in [1.29, 1.82) is 0 Å². The molecule has 2 aromatic carbocycles. The summed E-state index contributed by atoms with van der Waals surface area (Å²) in [6.07, 6.45) is 2.15. The quantitative estimate of drug-likeness (QED) is 0.634. The lowest BCUT2D eigenvalue weighted by Gasteiger charge is -2.18. The third kappa shape index (κ3) is 3.38. The maximum Gasteiger partial charge on any atom is 0.188 e. The van der Waals surface area contributed by atoms with Crippen molar-refractivity contribution in [1.82, 2.24) is 4.98 Å². The van der Waals surface area contributed by atoms with Crippen LogP contribution in [0.3, 0.4) is 0 Å². The molecule has 0 aliphatic rings. The zero-order valence-electron chi connectivity index (χ0n) is 13.5. The number of hydrogen-bond acceptors (Lipinski definition) is 4. The summed E-state index contributed by atoms with van der Waals surface area (Å²) in [6, 6.07) is 14.4. The summed E-state index contributed by atoms with van der Waals surface area (Å²) in [7, 11) is 0. The van der Waals surface area contributed by atoms with Gasteiger partial charge in [-0.1, -0.05) is 43.4 Å². The van der Waals surface area contributed by atoms with Crippen molar-refractivity contribution in [3.63, 3.8) is 0 Å². The zero-order chi connectivity index (χ0) is 16.2. The van der Waals surface area contributed by atoms with E-state index in [0.717, 1.165) is 34.7 Å². The molecule has 0 atom stereocenters. The zero-order valence-corrected chi connectivity index (χ0v) is 14.4. The monoisotopic (exact) mass is 326 g/mol. The van der Waals surface area contributed by atoms with Gasteiger partial charge in [-0.3, -0.25) is 0 Å². The molecule has 0 aliphatic heterocycles. The molecule has 23 heavy (non-hydrogen) atoms. The Labute approximate surface area is 141 Å². The number of aliphatic hydroxyl groups is 1. The van der Waals surface area contributed by atoms with Crippen molar-refractivity contribution in [2.75, 3.05) is 5.32 Å². The fourth-order valence-corrected chi connectivity index (χ4v) is 3.86. The van der Waals surface area contributed by atoms with Gasteiger partial charge >= 0.3 is 0 Å². The number of para-hydroxylation sites is 1. The SMILES string of the molecule is CCC(CC)c1cc(Nc2nc3ccccc3s2)ccc1CO. The normalized spacial score (nSPS) is 11.3. The fourth-order valence-electron chi connectivity index (χ4n) is 2.97. The van der Waals surface area contributed by atoms with Gasteiger partial charge in [0, 0.05) is 5.69 Å². The maximum atomic E-state index is 9.60. The molecule has 3 nitrogen and oxygen atoms in total. The van der Waals surface area contributed by atoms with Crippen LogP contribution in [0, 0.1) is 0 Å². The Morgan fingerprint density at radius 2 is 1.91 bits per heavy atom. The Morgan fingerprint density at radius 1 is 1.13 bits per heavy atom. The van der Waals surface area contributed by atoms with E-state index in [4.69, 9.17) is 0 Å². The largest absolute Gasteiger partial charge is 0.392 e. The van der Waals surface area contributed by atoms with Crippen LogP contribution < -0.4 is 5.32 Å². The van der Waals surface area contributed by atoms with Crippen LogP contribution in [0.15, 0.2) is 42.5 Å². The van der Waals surface area contributed by atoms with Gasteiger partial charge in [0.1, 0.15) is 0 Å². The highest BCUT2D eigenvalue weighted by molar-refractivity contribution is 7.22. The molecule has 0 amide bonds. The fraction of sp³-hybridized carbons (Fsp3) is 0.316. The molecule has 1 aromatic heterocycles. The average Bonchev–Trinajstić information content (AvgIpc) is 2.98. The highest BCUT2D eigenvalue weighted by Crippen LogP contribution is 2.32. The van der Waals surface area contributed by atoms with Crippen LogP contribution in [0.1, 0.15) is 43.7 Å². The third-order valence-corrected chi connectivity index (χ3v) is 5.24. The molecular weight excluding hydrogens is 304 g/mol. The molecule has 0 unspecified atom stereocenters. The number of fused-ring (bicyclic) bond motifs is 1. The molecular formula is C19H22N2OS. The van der Waals surface area contributed by atoms with E-state index in [1.807, 2.05) is 30.3 Å². The molecule has 3 rings (SSSR count). The van der Waals surface area contributed by atoms with Crippen LogP contribution in [0.2, 0.25) is 0 Å². The summed E-state index contributed by atoms with van der Waals surface area (Å²) in [6.45, 7) is 4.49. The molecule has 120 valence electrons. The van der Waals surface area contributed by atoms with E-state index < -0.39 is 0 Å². The van der Waals surface area contributed by atoms with E-state index >= 15 is 0 Å². The maximum absolute atomic E-state index is 9.60. The second kappa shape index (κ2) is 7.11. The van der Waals surface area contributed by atoms with Gasteiger partial charge in [0.15, 0.2) is 5.13 Å². The summed E-state index contributed by atoms with van der Waals surface area (Å²) in [4.78, 5) is 4.62. The van der Waals surface area contributed by atoms with Gasteiger partial charge in [0.2, 0.25) is 0 Å². The van der Waals surface area contributed by atoms with Crippen molar-refractivity contribution in [3.8, 4) is 0 Å². The Hall–Kier alpha value is -1.91. The Kier molecular flexibility index (Phi) is 4.94. The minimum absolute atomic E-state index is 0.0905. The molecule has 4 heteroatoms. The minimum Gasteiger partial charge on any atom is -0.392 e. The van der Waals surface area contributed by atoms with Crippen LogP contribution in [-0.2, 0) is 6.61 Å². The van der Waals surface area contributed by atoms with E-state index in [9.17, 15) is 5.11 Å². The summed E-state index contributed by atoms with van der Waals surface area (Å²) < 4.78 is 1.18. The highest BCUT2D eigenvalue weighted by atomic mass is 32.1. The number of thiazole rings is 1. The second-order valence-corrected chi connectivity index (χ2v) is 6.73. The first-order chi connectivity index (χ1) is 11.2. The predicted molar refractivity (Wildman–Crippen MR) is 98.6 cm³/mol. The first-order valence-corrected chi connectivity index (χ1v) is 8.93. The van der Waals surface area contributed by atoms with Crippen LogP contribution in [0.4, 0.5) is 10.8 Å². The minimum atomic E-state index is 0.0905. The first kappa shape index (κ1) is 16.0. The second-order valence-electron chi connectivity index (χ2n) is 5.70.